The highest BCUT2D eigenvalue weighted by molar-refractivity contribution is 9.10. The number of amides is 1. The van der Waals surface area contributed by atoms with Gasteiger partial charge in [0.15, 0.2) is 5.78 Å². The van der Waals surface area contributed by atoms with Crippen LogP contribution in [0.3, 0.4) is 0 Å². The molecule has 0 bridgehead atoms. The Hall–Kier alpha value is -12.0. The summed E-state index contributed by atoms with van der Waals surface area (Å²) in [5, 5.41) is 21.2. The van der Waals surface area contributed by atoms with Crippen LogP contribution >= 0.6 is 60.4 Å². The number of halogens is 4. The molecule has 19 rings (SSSR count). The molecule has 680 valence electrons. The molecule has 2 saturated heterocycles. The number of rotatable bonds is 9. The Kier molecular flexibility index (Phi) is 31.1. The van der Waals surface area contributed by atoms with Gasteiger partial charge in [-0.15, -0.1) is 12.4 Å². The van der Waals surface area contributed by atoms with E-state index in [9.17, 15) is 28.8 Å². The molecular formula is C92H107BBr3ClN24O9. The molecule has 4 aliphatic heterocycles. The van der Waals surface area contributed by atoms with Crippen molar-refractivity contribution in [2.45, 2.75) is 162 Å². The van der Waals surface area contributed by atoms with Crippen LogP contribution in [-0.4, -0.2) is 194 Å². The zero-order valence-electron chi connectivity index (χ0n) is 73.9. The van der Waals surface area contributed by atoms with E-state index >= 15 is 0 Å². The third-order valence-electron chi connectivity index (χ3n) is 21.7. The summed E-state index contributed by atoms with van der Waals surface area (Å²) in [6.45, 7) is 36.8. The minimum Gasteiger partial charge on any atom is -0.444 e. The summed E-state index contributed by atoms with van der Waals surface area (Å²) in [5.74, 6) is 0.143. The first kappa shape index (κ1) is 98.6. The summed E-state index contributed by atoms with van der Waals surface area (Å²) >= 11 is 10.1. The number of anilines is 2. The van der Waals surface area contributed by atoms with Crippen molar-refractivity contribution in [3.63, 3.8) is 0 Å². The second-order valence-corrected chi connectivity index (χ2v) is 36.2. The number of nitrogen functional groups attached to an aromatic ring is 1. The third-order valence-corrected chi connectivity index (χ3v) is 23.3. The fourth-order valence-electron chi connectivity index (χ4n) is 14.6. The lowest BCUT2D eigenvalue weighted by atomic mass is 9.75. The van der Waals surface area contributed by atoms with Crippen LogP contribution in [0.1, 0.15) is 151 Å². The number of nitrogens with two attached hydrogens (primary N) is 1. The van der Waals surface area contributed by atoms with Gasteiger partial charge in [-0.3, -0.25) is 57.1 Å². The van der Waals surface area contributed by atoms with Crippen LogP contribution in [0.5, 0.6) is 0 Å². The number of aromatic nitrogens is 19. The standard InChI is InChI=1S/C25H29N7O3.C21H20N6O.C16H12BrN5O.C12H13N3O2.C11H19BBrNO2.C5H5BrN2.2CH4.ClH/c1-16-14-32-21(17(2)26-16)12-20(28-32)19-13-23(33)31-15-18(6-7-22(31)27-19)29-8-10-30(11-9-29)24(34)35-25(3,4)5;1-13-11-27-19(14(2)23-13)9-18(25-27)17-10-21(28)26-12-16(3-4-20(26)24-17)15-5-7-22-8-6-15;1-9-7-22-14(10(2)18-9)5-13(20-22)12-6-16(23)21-8-11(17)3-4-15(21)19-12;1-7-6-15-11(9(3)13-7)5-10(14-15)12(17)4-8(2)16;1-10(2)11(3,4)16-12(15-10)9-5-7-14(13)8-6-9;6-4-1-2-5(7)8-3-4;;;/h6-7,12-15H,8-11H2,1-5H3;3-5,9-12,22H,6-8H2,1-2H3;3-8H,1-2H3;5-6H,4H2,1-3H3;5H,6-8H2,1-4H3;1-3H,(H2,7,8);2*1H4;1H. The number of ether oxygens (including phenoxy) is 1. The number of Topliss-reactive ketones (excluding diaryl/α,β-unsaturated/α-hetero) is 2. The average Bonchev–Trinajstić information content (AvgIpc) is 1.65. The second-order valence-electron chi connectivity index (χ2n) is 33.4. The lowest BCUT2D eigenvalue weighted by Crippen LogP contribution is -2.50. The lowest BCUT2D eigenvalue weighted by Gasteiger charge is -2.36. The summed E-state index contributed by atoms with van der Waals surface area (Å²) in [6.07, 6.45) is 20.3. The molecule has 0 aromatic carbocycles. The van der Waals surface area contributed by atoms with Gasteiger partial charge in [-0.05, 0) is 251 Å². The number of fused-ring (bicyclic) bond motifs is 7. The second kappa shape index (κ2) is 41.0. The summed E-state index contributed by atoms with van der Waals surface area (Å²) in [5.41, 5.74) is 24.5. The van der Waals surface area contributed by atoms with E-state index in [0.29, 0.717) is 88.8 Å². The van der Waals surface area contributed by atoms with Gasteiger partial charge in [-0.1, -0.05) is 27.0 Å². The highest BCUT2D eigenvalue weighted by Gasteiger charge is 2.52. The molecular weight excluding hydrogens is 1870 g/mol. The van der Waals surface area contributed by atoms with E-state index in [0.717, 1.165) is 127 Å². The fraction of sp³-hybridized carbons (Fsp3) is 0.348. The number of carbonyl (C=O) groups is 3. The average molecular weight is 1980 g/mol. The van der Waals surface area contributed by atoms with E-state index in [4.69, 9.17) is 19.8 Å². The zero-order valence-corrected chi connectivity index (χ0v) is 79.5. The third kappa shape index (κ3) is 23.2. The fourth-order valence-corrected chi connectivity index (χ4v) is 15.5. The summed E-state index contributed by atoms with van der Waals surface area (Å²) < 4.78 is 33.0. The van der Waals surface area contributed by atoms with E-state index in [1.807, 2.05) is 156 Å². The van der Waals surface area contributed by atoms with Gasteiger partial charge in [0.1, 0.15) is 56.9 Å². The van der Waals surface area contributed by atoms with Crippen molar-refractivity contribution in [2.24, 2.45) is 0 Å². The minimum atomic E-state index is -0.516. The number of piperazine rings is 1. The number of carbonyl (C=O) groups excluding carboxylic acids is 3. The van der Waals surface area contributed by atoms with Gasteiger partial charge >= 0.3 is 13.2 Å². The maximum atomic E-state index is 13.0. The molecule has 0 aliphatic carbocycles. The molecule has 1 amide bonds. The Morgan fingerprint density at radius 1 is 0.531 bits per heavy atom. The smallest absolute Gasteiger partial charge is 0.444 e. The molecule has 0 unspecified atom stereocenters. The van der Waals surface area contributed by atoms with Gasteiger partial charge in [0.2, 0.25) is 0 Å². The van der Waals surface area contributed by atoms with Crippen molar-refractivity contribution in [1.82, 2.24) is 106 Å². The Bertz CT molecular complexity index is 6990. The molecule has 0 atom stereocenters. The predicted molar refractivity (Wildman–Crippen MR) is 520 cm³/mol. The molecule has 15 aromatic rings. The number of ketones is 2. The van der Waals surface area contributed by atoms with Crippen LogP contribution in [0.15, 0.2) is 182 Å². The monoisotopic (exact) mass is 1970 g/mol. The van der Waals surface area contributed by atoms with E-state index in [2.05, 4.69) is 162 Å². The van der Waals surface area contributed by atoms with E-state index < -0.39 is 5.60 Å². The summed E-state index contributed by atoms with van der Waals surface area (Å²) in [6, 6.07) is 26.9. The Balaban J connectivity index is 0.000000156. The summed E-state index contributed by atoms with van der Waals surface area (Å²) in [7, 11) is -0.161. The first-order chi connectivity index (χ1) is 60.2. The highest BCUT2D eigenvalue weighted by Crippen LogP contribution is 2.40. The molecule has 130 heavy (non-hydrogen) atoms. The highest BCUT2D eigenvalue weighted by atomic mass is 79.9. The van der Waals surface area contributed by atoms with Crippen molar-refractivity contribution >= 4 is 141 Å². The maximum absolute atomic E-state index is 13.0. The van der Waals surface area contributed by atoms with E-state index in [1.165, 1.54) is 34.5 Å². The number of aryl methyl sites for hydroxylation is 8. The number of nitrogens with one attached hydrogen (secondary N) is 1. The van der Waals surface area contributed by atoms with Crippen LogP contribution in [0.4, 0.5) is 16.3 Å². The van der Waals surface area contributed by atoms with Crippen molar-refractivity contribution < 1.29 is 28.4 Å². The van der Waals surface area contributed by atoms with Gasteiger partial charge in [0.05, 0.1) is 133 Å². The van der Waals surface area contributed by atoms with Crippen LogP contribution in [0.2, 0.25) is 0 Å². The van der Waals surface area contributed by atoms with Crippen LogP contribution < -0.4 is 32.6 Å². The van der Waals surface area contributed by atoms with Crippen LogP contribution in [0, 0.1) is 55.4 Å². The van der Waals surface area contributed by atoms with Gasteiger partial charge in [-0.25, -0.2) is 46.7 Å². The number of nitrogens with zero attached hydrogens (tertiary/aromatic N) is 22. The molecule has 33 nitrogen and oxygen atoms in total. The van der Waals surface area contributed by atoms with Gasteiger partial charge in [0.25, 0.3) is 16.7 Å². The maximum Gasteiger partial charge on any atom is 0.490 e. The van der Waals surface area contributed by atoms with Gasteiger partial charge in [-0.2, -0.15) is 20.4 Å². The van der Waals surface area contributed by atoms with Crippen molar-refractivity contribution in [3.8, 4) is 34.2 Å². The van der Waals surface area contributed by atoms with Gasteiger partial charge in [0, 0.05) is 114 Å². The molecule has 3 N–H and O–H groups in total. The topological polar surface area (TPSA) is 363 Å². The van der Waals surface area contributed by atoms with E-state index in [1.54, 1.807) is 80.8 Å². The van der Waals surface area contributed by atoms with Crippen molar-refractivity contribution in [3.05, 3.63) is 255 Å². The molecule has 19 heterocycles. The molecule has 0 radical (unpaired) electrons. The molecule has 15 aromatic heterocycles. The SMILES string of the molecule is C.C.CC(=O)CC(=O)c1cc2c(C)nc(C)cn2n1.CC1(C)OB(C2=CCN(Br)CC2)OC1(C)C.Cc1cn2nc(-c3cc(=O)n4cc(Br)ccc4n3)cc2c(C)n1.Cc1cn2nc(-c3cc(=O)n4cc(C5=CCNCC5)ccc4n3)cc2c(C)n1.Cc1cn2nc(-c3cc(=O)n4cc(N5CCN(C(=O)OC(C)(C)C)CC5)ccc4n3)cc2c(C)n1.Cl.Nc1ccc(Br)cn1. The van der Waals surface area contributed by atoms with E-state index in [-0.39, 0.29) is 86.3 Å². The minimum absolute atomic E-state index is 0. The zero-order chi connectivity index (χ0) is 90.8. The molecule has 0 spiro atoms. The number of hydrogen-bond acceptors (Lipinski definition) is 25. The first-order valence-electron chi connectivity index (χ1n) is 41.3. The molecule has 2 fully saturated rings. The quantitative estimate of drug-likeness (QED) is 0.0586. The van der Waals surface area contributed by atoms with Crippen molar-refractivity contribution in [2.75, 3.05) is 63.0 Å². The molecule has 4 aliphatic rings. The van der Waals surface area contributed by atoms with Gasteiger partial charge < -0.3 is 34.9 Å². The predicted octanol–water partition coefficient (Wildman–Crippen LogP) is 15.4. The normalized spacial score (nSPS) is 14.7. The number of hydrogen-bond donors (Lipinski definition) is 2. The Labute approximate surface area is 783 Å². The largest absolute Gasteiger partial charge is 0.490 e. The van der Waals surface area contributed by atoms with Crippen molar-refractivity contribution in [1.29, 1.82) is 0 Å². The molecule has 38 heteroatoms. The lowest BCUT2D eigenvalue weighted by molar-refractivity contribution is -0.116. The summed E-state index contributed by atoms with van der Waals surface area (Å²) in [4.78, 5) is 112. The first-order valence-corrected chi connectivity index (χ1v) is 43.6. The van der Waals surface area contributed by atoms with Crippen LogP contribution in [-0.2, 0) is 18.8 Å². The number of pyridine rings is 4. The Morgan fingerprint density at radius 3 is 1.41 bits per heavy atom. The molecule has 0 saturated carbocycles. The van der Waals surface area contributed by atoms with Crippen LogP contribution in [0.25, 0.3) is 78.7 Å². The Morgan fingerprint density at radius 2 is 0.977 bits per heavy atom.